The van der Waals surface area contributed by atoms with Crippen LogP contribution in [0.2, 0.25) is 0 Å². The molecule has 144 valence electrons. The standard InChI is InChI=1S/C21H26N2O3S/c1-3-4-13-22-20(24)16-9-5-7-11-18(16)23-21(25)17-10-6-8-12-19(17)27-15-14-26-2/h5-12H,3-4,13-15H2,1-2H3,(H,22,24)(H,23,25). The average molecular weight is 387 g/mol. The number of benzene rings is 2. The molecule has 2 aromatic rings. The molecule has 0 aliphatic heterocycles. The highest BCUT2D eigenvalue weighted by Gasteiger charge is 2.16. The van der Waals surface area contributed by atoms with Crippen LogP contribution in [0.3, 0.4) is 0 Å². The fraction of sp³-hybridized carbons (Fsp3) is 0.333. The number of rotatable bonds is 10. The summed E-state index contributed by atoms with van der Waals surface area (Å²) >= 11 is 1.57. The third-order valence-electron chi connectivity index (χ3n) is 3.91. The van der Waals surface area contributed by atoms with Crippen molar-refractivity contribution in [2.75, 3.05) is 31.3 Å². The summed E-state index contributed by atoms with van der Waals surface area (Å²) in [6.07, 6.45) is 1.93. The summed E-state index contributed by atoms with van der Waals surface area (Å²) in [5.41, 5.74) is 1.56. The number of unbranched alkanes of at least 4 members (excludes halogenated alkanes) is 1. The molecule has 5 nitrogen and oxygen atoms in total. The second-order valence-electron chi connectivity index (χ2n) is 5.95. The van der Waals surface area contributed by atoms with Crippen LogP contribution >= 0.6 is 11.8 Å². The molecule has 0 unspecified atom stereocenters. The molecule has 0 saturated carbocycles. The Hall–Kier alpha value is -2.31. The van der Waals surface area contributed by atoms with Gasteiger partial charge in [0.1, 0.15) is 0 Å². The zero-order chi connectivity index (χ0) is 19.5. The zero-order valence-electron chi connectivity index (χ0n) is 15.8. The lowest BCUT2D eigenvalue weighted by Crippen LogP contribution is -2.26. The van der Waals surface area contributed by atoms with Gasteiger partial charge < -0.3 is 15.4 Å². The van der Waals surface area contributed by atoms with Crippen LogP contribution in [-0.2, 0) is 4.74 Å². The number of para-hydroxylation sites is 1. The lowest BCUT2D eigenvalue weighted by atomic mass is 10.1. The Kier molecular flexibility index (Phi) is 8.87. The van der Waals surface area contributed by atoms with Crippen molar-refractivity contribution in [3.05, 3.63) is 59.7 Å². The van der Waals surface area contributed by atoms with Gasteiger partial charge in [-0.05, 0) is 30.7 Å². The highest BCUT2D eigenvalue weighted by molar-refractivity contribution is 7.99. The minimum absolute atomic E-state index is 0.179. The quantitative estimate of drug-likeness (QED) is 0.474. The van der Waals surface area contributed by atoms with Gasteiger partial charge in [-0.25, -0.2) is 0 Å². The molecule has 0 heterocycles. The van der Waals surface area contributed by atoms with E-state index >= 15 is 0 Å². The SMILES string of the molecule is CCCCNC(=O)c1ccccc1NC(=O)c1ccccc1SCCOC. The van der Waals surface area contributed by atoms with E-state index in [1.165, 1.54) is 0 Å². The van der Waals surface area contributed by atoms with Crippen molar-refractivity contribution in [1.29, 1.82) is 0 Å². The van der Waals surface area contributed by atoms with E-state index in [2.05, 4.69) is 17.6 Å². The number of amides is 2. The summed E-state index contributed by atoms with van der Waals surface area (Å²) in [5, 5.41) is 5.78. The number of nitrogens with one attached hydrogen (secondary N) is 2. The Morgan fingerprint density at radius 1 is 1.00 bits per heavy atom. The van der Waals surface area contributed by atoms with E-state index in [4.69, 9.17) is 4.74 Å². The van der Waals surface area contributed by atoms with Gasteiger partial charge in [0.05, 0.1) is 23.4 Å². The van der Waals surface area contributed by atoms with Crippen molar-refractivity contribution in [2.24, 2.45) is 0 Å². The average Bonchev–Trinajstić information content (AvgIpc) is 2.69. The Balaban J connectivity index is 2.13. The molecule has 0 aromatic heterocycles. The first-order chi connectivity index (χ1) is 13.2. The Labute approximate surface area is 164 Å². The molecule has 0 aliphatic carbocycles. The monoisotopic (exact) mass is 386 g/mol. The van der Waals surface area contributed by atoms with Gasteiger partial charge in [-0.2, -0.15) is 0 Å². The second-order valence-corrected chi connectivity index (χ2v) is 7.08. The lowest BCUT2D eigenvalue weighted by molar-refractivity contribution is 0.0954. The predicted octanol–water partition coefficient (Wildman–Crippen LogP) is 4.21. The number of thioether (sulfide) groups is 1. The van der Waals surface area contributed by atoms with E-state index in [0.29, 0.717) is 30.0 Å². The van der Waals surface area contributed by atoms with Crippen LogP contribution in [0, 0.1) is 0 Å². The van der Waals surface area contributed by atoms with Crippen LogP contribution in [0.5, 0.6) is 0 Å². The Morgan fingerprint density at radius 2 is 1.70 bits per heavy atom. The minimum atomic E-state index is -0.232. The summed E-state index contributed by atoms with van der Waals surface area (Å²) in [6, 6.07) is 14.5. The van der Waals surface area contributed by atoms with Gasteiger partial charge in [-0.1, -0.05) is 37.6 Å². The van der Waals surface area contributed by atoms with E-state index in [1.807, 2.05) is 18.2 Å². The van der Waals surface area contributed by atoms with Crippen molar-refractivity contribution in [3.63, 3.8) is 0 Å². The summed E-state index contributed by atoms with van der Waals surface area (Å²) in [4.78, 5) is 26.1. The molecule has 0 fully saturated rings. The van der Waals surface area contributed by atoms with Crippen molar-refractivity contribution >= 4 is 29.3 Å². The zero-order valence-corrected chi connectivity index (χ0v) is 16.6. The van der Waals surface area contributed by atoms with Gasteiger partial charge in [0.25, 0.3) is 11.8 Å². The molecule has 0 atom stereocenters. The molecule has 0 radical (unpaired) electrons. The number of ether oxygens (including phenoxy) is 1. The molecule has 2 amide bonds. The fourth-order valence-corrected chi connectivity index (χ4v) is 3.43. The summed E-state index contributed by atoms with van der Waals surface area (Å²) in [7, 11) is 1.65. The van der Waals surface area contributed by atoms with Crippen LogP contribution in [0.25, 0.3) is 0 Å². The number of hydrogen-bond donors (Lipinski definition) is 2. The summed E-state index contributed by atoms with van der Waals surface area (Å²) in [5.74, 6) is 0.350. The molecule has 0 aliphatic rings. The van der Waals surface area contributed by atoms with E-state index in [9.17, 15) is 9.59 Å². The number of anilines is 1. The topological polar surface area (TPSA) is 67.4 Å². The molecular weight excluding hydrogens is 360 g/mol. The molecule has 0 saturated heterocycles. The van der Waals surface area contributed by atoms with Crippen LogP contribution < -0.4 is 10.6 Å². The maximum absolute atomic E-state index is 12.8. The third-order valence-corrected chi connectivity index (χ3v) is 4.95. The highest BCUT2D eigenvalue weighted by atomic mass is 32.2. The maximum atomic E-state index is 12.8. The molecular formula is C21H26N2O3S. The van der Waals surface area contributed by atoms with Crippen molar-refractivity contribution in [1.82, 2.24) is 5.32 Å². The summed E-state index contributed by atoms with van der Waals surface area (Å²) in [6.45, 7) is 3.31. The van der Waals surface area contributed by atoms with E-state index in [0.717, 1.165) is 23.5 Å². The van der Waals surface area contributed by atoms with Crippen molar-refractivity contribution in [2.45, 2.75) is 24.7 Å². The number of methoxy groups -OCH3 is 1. The second kappa shape index (κ2) is 11.4. The molecule has 0 spiro atoms. The highest BCUT2D eigenvalue weighted by Crippen LogP contribution is 2.24. The maximum Gasteiger partial charge on any atom is 0.256 e. The van der Waals surface area contributed by atoms with Crippen LogP contribution in [0.1, 0.15) is 40.5 Å². The van der Waals surface area contributed by atoms with Gasteiger partial charge in [-0.15, -0.1) is 11.8 Å². The Morgan fingerprint density at radius 3 is 2.44 bits per heavy atom. The number of carbonyl (C=O) groups excluding carboxylic acids is 2. The fourth-order valence-electron chi connectivity index (χ4n) is 2.47. The molecule has 6 heteroatoms. The Bertz CT molecular complexity index is 765. The smallest absolute Gasteiger partial charge is 0.256 e. The molecule has 0 bridgehead atoms. The third kappa shape index (κ3) is 6.41. The largest absolute Gasteiger partial charge is 0.384 e. The first-order valence-corrected chi connectivity index (χ1v) is 10.0. The van der Waals surface area contributed by atoms with Gasteiger partial charge in [0.2, 0.25) is 0 Å². The lowest BCUT2D eigenvalue weighted by Gasteiger charge is -2.13. The molecule has 2 aromatic carbocycles. The van der Waals surface area contributed by atoms with Gasteiger partial charge in [-0.3, -0.25) is 9.59 Å². The van der Waals surface area contributed by atoms with E-state index < -0.39 is 0 Å². The first kappa shape index (κ1) is 21.0. The predicted molar refractivity (Wildman–Crippen MR) is 111 cm³/mol. The molecule has 2 N–H and O–H groups in total. The van der Waals surface area contributed by atoms with Crippen molar-refractivity contribution < 1.29 is 14.3 Å². The summed E-state index contributed by atoms with van der Waals surface area (Å²) < 4.78 is 5.08. The van der Waals surface area contributed by atoms with Crippen LogP contribution in [-0.4, -0.2) is 37.8 Å². The van der Waals surface area contributed by atoms with E-state index in [-0.39, 0.29) is 11.8 Å². The number of carbonyl (C=O) groups is 2. The minimum Gasteiger partial charge on any atom is -0.384 e. The normalized spacial score (nSPS) is 10.4. The first-order valence-electron chi connectivity index (χ1n) is 9.06. The molecule has 27 heavy (non-hydrogen) atoms. The van der Waals surface area contributed by atoms with Crippen molar-refractivity contribution in [3.8, 4) is 0 Å². The number of hydrogen-bond acceptors (Lipinski definition) is 4. The van der Waals surface area contributed by atoms with E-state index in [1.54, 1.807) is 49.2 Å². The van der Waals surface area contributed by atoms with Gasteiger partial charge >= 0.3 is 0 Å². The van der Waals surface area contributed by atoms with Crippen LogP contribution in [0.15, 0.2) is 53.4 Å². The van der Waals surface area contributed by atoms with Crippen LogP contribution in [0.4, 0.5) is 5.69 Å². The van der Waals surface area contributed by atoms with Gasteiger partial charge in [0, 0.05) is 24.3 Å². The van der Waals surface area contributed by atoms with Gasteiger partial charge in [0.15, 0.2) is 0 Å². The molecule has 2 rings (SSSR count).